The van der Waals surface area contributed by atoms with Gasteiger partial charge in [0.05, 0.1) is 0 Å². The van der Waals surface area contributed by atoms with E-state index in [1.807, 2.05) is 0 Å². The van der Waals surface area contributed by atoms with E-state index in [0.29, 0.717) is 0 Å². The molecule has 0 saturated heterocycles. The van der Waals surface area contributed by atoms with Crippen molar-refractivity contribution in [2.45, 2.75) is 47.0 Å². The van der Waals surface area contributed by atoms with E-state index in [4.69, 9.17) is 0 Å². The van der Waals surface area contributed by atoms with Crippen molar-refractivity contribution in [2.24, 2.45) is 0 Å². The topological polar surface area (TPSA) is 0 Å². The summed E-state index contributed by atoms with van der Waals surface area (Å²) in [5.74, 6) is 0. The first-order valence-electron chi connectivity index (χ1n) is 5.94. The van der Waals surface area contributed by atoms with Gasteiger partial charge in [-0.2, -0.15) is 0 Å². The molecule has 0 aliphatic rings. The van der Waals surface area contributed by atoms with Gasteiger partial charge in [-0.15, -0.1) is 0 Å². The minimum atomic E-state index is 0.238. The van der Waals surface area contributed by atoms with Gasteiger partial charge in [0.15, 0.2) is 0 Å². The quantitative estimate of drug-likeness (QED) is 0.651. The molecular formula is C16H23. The lowest BCUT2D eigenvalue weighted by Gasteiger charge is -2.19. The summed E-state index contributed by atoms with van der Waals surface area (Å²) >= 11 is 0. The number of hydrogen-bond acceptors (Lipinski definition) is 0. The van der Waals surface area contributed by atoms with Crippen molar-refractivity contribution in [3.63, 3.8) is 0 Å². The van der Waals surface area contributed by atoms with Crippen LogP contribution in [0.3, 0.4) is 0 Å². The average Bonchev–Trinajstić information content (AvgIpc) is 2.26. The molecule has 0 spiro atoms. The molecule has 0 bridgehead atoms. The zero-order valence-corrected chi connectivity index (χ0v) is 11.4. The van der Waals surface area contributed by atoms with Crippen LogP contribution < -0.4 is 0 Å². The van der Waals surface area contributed by atoms with Gasteiger partial charge < -0.3 is 0 Å². The number of hydrogen-bond donors (Lipinski definition) is 0. The van der Waals surface area contributed by atoms with Gasteiger partial charge in [0, 0.05) is 0 Å². The Morgan fingerprint density at radius 1 is 1.00 bits per heavy atom. The van der Waals surface area contributed by atoms with Crippen molar-refractivity contribution in [1.82, 2.24) is 0 Å². The molecule has 0 heteroatoms. The summed E-state index contributed by atoms with van der Waals surface area (Å²) in [4.78, 5) is 0. The minimum absolute atomic E-state index is 0.238. The summed E-state index contributed by atoms with van der Waals surface area (Å²) in [5, 5.41) is 0. The monoisotopic (exact) mass is 215 g/mol. The van der Waals surface area contributed by atoms with Crippen LogP contribution in [0, 0.1) is 6.42 Å². The van der Waals surface area contributed by atoms with E-state index in [-0.39, 0.29) is 5.41 Å². The van der Waals surface area contributed by atoms with Crippen LogP contribution in [0.4, 0.5) is 0 Å². The molecule has 0 aliphatic carbocycles. The van der Waals surface area contributed by atoms with Crippen LogP contribution in [0.15, 0.2) is 29.8 Å². The number of benzene rings is 1. The molecular weight excluding hydrogens is 192 g/mol. The average molecular weight is 215 g/mol. The van der Waals surface area contributed by atoms with E-state index in [1.165, 1.54) is 22.3 Å². The molecule has 0 nitrogen and oxygen atoms in total. The Morgan fingerprint density at radius 2 is 1.50 bits per heavy atom. The molecule has 0 aliphatic heterocycles. The van der Waals surface area contributed by atoms with Crippen molar-refractivity contribution < 1.29 is 0 Å². The predicted molar refractivity (Wildman–Crippen MR) is 73.4 cm³/mol. The lowest BCUT2D eigenvalue weighted by Crippen LogP contribution is -2.10. The van der Waals surface area contributed by atoms with Gasteiger partial charge in [0.25, 0.3) is 0 Å². The maximum atomic E-state index is 2.25. The van der Waals surface area contributed by atoms with Gasteiger partial charge in [0.1, 0.15) is 0 Å². The maximum Gasteiger partial charge on any atom is -0.0132 e. The Hall–Kier alpha value is -1.04. The third-order valence-electron chi connectivity index (χ3n) is 3.21. The Balaban J connectivity index is 3.05. The second-order valence-electron chi connectivity index (χ2n) is 5.42. The summed E-state index contributed by atoms with van der Waals surface area (Å²) in [5.41, 5.74) is 5.67. The fourth-order valence-corrected chi connectivity index (χ4v) is 1.66. The first-order valence-corrected chi connectivity index (χ1v) is 5.94. The largest absolute Gasteiger partial charge is 0.0664 e. The summed E-state index contributed by atoms with van der Waals surface area (Å²) in [6.45, 7) is 13.2. The number of allylic oxidation sites excluding steroid dienone is 2. The third-order valence-corrected chi connectivity index (χ3v) is 3.21. The molecule has 1 rings (SSSR count). The molecule has 0 atom stereocenters. The van der Waals surface area contributed by atoms with E-state index in [2.05, 4.69) is 72.2 Å². The smallest absolute Gasteiger partial charge is 0.0132 e. The van der Waals surface area contributed by atoms with E-state index >= 15 is 0 Å². The van der Waals surface area contributed by atoms with Crippen LogP contribution >= 0.6 is 0 Å². The van der Waals surface area contributed by atoms with Crippen LogP contribution in [0.2, 0.25) is 0 Å². The van der Waals surface area contributed by atoms with Crippen molar-refractivity contribution in [1.29, 1.82) is 0 Å². The standard InChI is InChI=1S/C16H23/c1-7-12(2)13(3)14-8-10-15(11-9-14)16(4,5)6/h7-11H,1-6H3. The van der Waals surface area contributed by atoms with Crippen molar-refractivity contribution in [2.75, 3.05) is 0 Å². The first kappa shape index (κ1) is 13.0. The van der Waals surface area contributed by atoms with Gasteiger partial charge >= 0.3 is 0 Å². The molecule has 0 N–H and O–H groups in total. The molecule has 0 amide bonds. The van der Waals surface area contributed by atoms with Gasteiger partial charge in [-0.25, -0.2) is 0 Å². The Bertz CT molecular complexity index is 371. The second kappa shape index (κ2) is 4.86. The molecule has 0 fully saturated rings. The van der Waals surface area contributed by atoms with Gasteiger partial charge in [-0.1, -0.05) is 57.5 Å². The Kier molecular flexibility index (Phi) is 3.96. The SMILES string of the molecule is C[CH]C(C)=C(C)c1ccc(C(C)(C)C)cc1. The summed E-state index contributed by atoms with van der Waals surface area (Å²) in [6, 6.07) is 8.93. The van der Waals surface area contributed by atoms with Gasteiger partial charge in [0.2, 0.25) is 0 Å². The molecule has 1 aromatic rings. The lowest BCUT2D eigenvalue weighted by molar-refractivity contribution is 0.590. The molecule has 16 heavy (non-hydrogen) atoms. The van der Waals surface area contributed by atoms with E-state index in [0.717, 1.165) is 0 Å². The molecule has 0 aromatic heterocycles. The van der Waals surface area contributed by atoms with Crippen LogP contribution in [-0.4, -0.2) is 0 Å². The highest BCUT2D eigenvalue weighted by atomic mass is 14.2. The van der Waals surface area contributed by atoms with Crippen LogP contribution in [0.25, 0.3) is 5.57 Å². The Morgan fingerprint density at radius 3 is 1.88 bits per heavy atom. The van der Waals surface area contributed by atoms with Crippen molar-refractivity contribution in [3.05, 3.63) is 47.4 Å². The molecule has 0 saturated carbocycles. The van der Waals surface area contributed by atoms with Crippen LogP contribution in [-0.2, 0) is 5.41 Å². The van der Waals surface area contributed by atoms with E-state index in [9.17, 15) is 0 Å². The molecule has 1 aromatic carbocycles. The predicted octanol–water partition coefficient (Wildman–Crippen LogP) is 5.00. The Labute approximate surface area is 100 Å². The minimum Gasteiger partial charge on any atom is -0.0664 e. The van der Waals surface area contributed by atoms with E-state index < -0.39 is 0 Å². The molecule has 0 heterocycles. The molecule has 87 valence electrons. The molecule has 1 radical (unpaired) electrons. The number of rotatable bonds is 2. The van der Waals surface area contributed by atoms with Crippen molar-refractivity contribution >= 4 is 5.57 Å². The molecule has 0 unspecified atom stereocenters. The van der Waals surface area contributed by atoms with Crippen LogP contribution in [0.1, 0.15) is 52.7 Å². The zero-order chi connectivity index (χ0) is 12.3. The van der Waals surface area contributed by atoms with Gasteiger partial charge in [-0.05, 0) is 42.4 Å². The normalized spacial score (nSPS) is 13.6. The fourth-order valence-electron chi connectivity index (χ4n) is 1.66. The summed E-state index contributed by atoms with van der Waals surface area (Å²) < 4.78 is 0. The highest BCUT2D eigenvalue weighted by molar-refractivity contribution is 5.68. The van der Waals surface area contributed by atoms with Crippen molar-refractivity contribution in [3.8, 4) is 0 Å². The summed E-state index contributed by atoms with van der Waals surface area (Å²) in [7, 11) is 0. The van der Waals surface area contributed by atoms with Crippen LogP contribution in [0.5, 0.6) is 0 Å². The highest BCUT2D eigenvalue weighted by Gasteiger charge is 2.13. The first-order chi connectivity index (χ1) is 7.36. The summed E-state index contributed by atoms with van der Waals surface area (Å²) in [6.07, 6.45) is 2.16. The van der Waals surface area contributed by atoms with E-state index in [1.54, 1.807) is 0 Å². The second-order valence-corrected chi connectivity index (χ2v) is 5.42. The zero-order valence-electron chi connectivity index (χ0n) is 11.4. The fraction of sp³-hybridized carbons (Fsp3) is 0.438. The highest BCUT2D eigenvalue weighted by Crippen LogP contribution is 2.25. The third kappa shape index (κ3) is 2.98. The maximum absolute atomic E-state index is 2.25. The van der Waals surface area contributed by atoms with Gasteiger partial charge in [-0.3, -0.25) is 0 Å². The lowest BCUT2D eigenvalue weighted by atomic mass is 9.86.